The summed E-state index contributed by atoms with van der Waals surface area (Å²) in [4.78, 5) is 10.9. The lowest BCUT2D eigenvalue weighted by molar-refractivity contribution is 0.407. The van der Waals surface area contributed by atoms with Gasteiger partial charge in [0.15, 0.2) is 5.96 Å². The zero-order valence-corrected chi connectivity index (χ0v) is 17.8. The zero-order valence-electron chi connectivity index (χ0n) is 14.6. The van der Waals surface area contributed by atoms with Crippen molar-refractivity contribution in [1.82, 2.24) is 9.88 Å². The van der Waals surface area contributed by atoms with Crippen molar-refractivity contribution in [1.29, 1.82) is 0 Å². The number of rotatable bonds is 5. The maximum Gasteiger partial charge on any atom is 0.219 e. The summed E-state index contributed by atoms with van der Waals surface area (Å²) in [5, 5.41) is 0. The van der Waals surface area contributed by atoms with E-state index < -0.39 is 0 Å². The second-order valence-corrected chi connectivity index (χ2v) is 6.78. The second-order valence-electron chi connectivity index (χ2n) is 5.56. The molecule has 0 atom stereocenters. The summed E-state index contributed by atoms with van der Waals surface area (Å²) in [6.07, 6.45) is 1.76. The van der Waals surface area contributed by atoms with Gasteiger partial charge in [0.1, 0.15) is 11.5 Å². The molecule has 6 nitrogen and oxygen atoms in total. The molecule has 0 unspecified atom stereocenters. The highest BCUT2D eigenvalue weighted by Crippen LogP contribution is 2.23. The Morgan fingerprint density at radius 2 is 2.00 bits per heavy atom. The van der Waals surface area contributed by atoms with Crippen LogP contribution in [0.5, 0.6) is 17.4 Å². The Labute approximate surface area is 175 Å². The van der Waals surface area contributed by atoms with E-state index in [0.717, 1.165) is 35.9 Å². The Hall–Kier alpha value is -1.68. The zero-order chi connectivity index (χ0) is 17.5. The van der Waals surface area contributed by atoms with Crippen molar-refractivity contribution in [3.05, 3.63) is 48.2 Å². The van der Waals surface area contributed by atoms with E-state index in [1.54, 1.807) is 13.3 Å². The number of ether oxygens (including phenoxy) is 2. The second kappa shape index (κ2) is 10.5. The van der Waals surface area contributed by atoms with E-state index in [1.165, 1.54) is 0 Å². The molecule has 2 N–H and O–H groups in total. The Balaban J connectivity index is 0.00000243. The SMILES string of the molecule is COc1cccc(Oc2ccc(CN=C(N)N3CCSCC3)cn2)c1.I. The topological polar surface area (TPSA) is 73.0 Å². The minimum absolute atomic E-state index is 0. The third kappa shape index (κ3) is 5.94. The van der Waals surface area contributed by atoms with Crippen molar-refractivity contribution < 1.29 is 9.47 Å². The molecule has 3 rings (SSSR count). The highest BCUT2D eigenvalue weighted by molar-refractivity contribution is 14.0. The van der Waals surface area contributed by atoms with Crippen LogP contribution in [0.4, 0.5) is 0 Å². The summed E-state index contributed by atoms with van der Waals surface area (Å²) < 4.78 is 10.9. The van der Waals surface area contributed by atoms with Crippen LogP contribution in [-0.4, -0.2) is 47.5 Å². The lowest BCUT2D eigenvalue weighted by Crippen LogP contribution is -2.42. The average Bonchev–Trinajstić information content (AvgIpc) is 2.68. The molecule has 140 valence electrons. The van der Waals surface area contributed by atoms with Gasteiger partial charge in [-0.05, 0) is 17.7 Å². The van der Waals surface area contributed by atoms with Crippen LogP contribution in [0.2, 0.25) is 0 Å². The van der Waals surface area contributed by atoms with Crippen molar-refractivity contribution >= 4 is 41.7 Å². The van der Waals surface area contributed by atoms with Gasteiger partial charge in [0, 0.05) is 42.9 Å². The lowest BCUT2D eigenvalue weighted by atomic mass is 10.3. The van der Waals surface area contributed by atoms with Gasteiger partial charge in [-0.25, -0.2) is 9.98 Å². The van der Waals surface area contributed by atoms with Gasteiger partial charge in [-0.2, -0.15) is 11.8 Å². The largest absolute Gasteiger partial charge is 0.497 e. The highest BCUT2D eigenvalue weighted by Gasteiger charge is 2.11. The summed E-state index contributed by atoms with van der Waals surface area (Å²) in [5.74, 6) is 4.78. The first-order valence-corrected chi connectivity index (χ1v) is 9.29. The molecule has 1 fully saturated rings. The van der Waals surface area contributed by atoms with Crippen LogP contribution in [0, 0.1) is 0 Å². The standard InChI is InChI=1S/C18H22N4O2S.HI/c1-23-15-3-2-4-16(11-15)24-17-6-5-14(12-20-17)13-21-18(19)22-7-9-25-10-8-22;/h2-6,11-12H,7-10,13H2,1H3,(H2,19,21);1H. The fraction of sp³-hybridized carbons (Fsp3) is 0.333. The van der Waals surface area contributed by atoms with Crippen molar-refractivity contribution in [3.8, 4) is 17.4 Å². The number of nitrogens with two attached hydrogens (primary N) is 1. The van der Waals surface area contributed by atoms with Gasteiger partial charge in [-0.3, -0.25) is 0 Å². The molecule has 0 aliphatic carbocycles. The lowest BCUT2D eigenvalue weighted by Gasteiger charge is -2.27. The molecule has 0 amide bonds. The molecule has 0 bridgehead atoms. The summed E-state index contributed by atoms with van der Waals surface area (Å²) in [7, 11) is 1.63. The molecular weight excluding hydrogens is 463 g/mol. The molecule has 0 radical (unpaired) electrons. The van der Waals surface area contributed by atoms with Gasteiger partial charge in [0.05, 0.1) is 13.7 Å². The predicted octanol–water partition coefficient (Wildman–Crippen LogP) is 3.36. The first-order valence-electron chi connectivity index (χ1n) is 8.14. The maximum absolute atomic E-state index is 6.07. The molecule has 1 aromatic heterocycles. The molecule has 1 saturated heterocycles. The number of hydrogen-bond donors (Lipinski definition) is 1. The van der Waals surface area contributed by atoms with Crippen LogP contribution < -0.4 is 15.2 Å². The molecule has 26 heavy (non-hydrogen) atoms. The number of aromatic nitrogens is 1. The van der Waals surface area contributed by atoms with Crippen LogP contribution in [0.3, 0.4) is 0 Å². The number of thioether (sulfide) groups is 1. The summed E-state index contributed by atoms with van der Waals surface area (Å²) in [6.45, 7) is 2.44. The van der Waals surface area contributed by atoms with Gasteiger partial charge in [-0.1, -0.05) is 12.1 Å². The molecule has 0 spiro atoms. The van der Waals surface area contributed by atoms with Crippen LogP contribution in [0.25, 0.3) is 0 Å². The van der Waals surface area contributed by atoms with Crippen LogP contribution in [-0.2, 0) is 6.54 Å². The van der Waals surface area contributed by atoms with Crippen molar-refractivity contribution in [2.45, 2.75) is 6.54 Å². The van der Waals surface area contributed by atoms with Crippen LogP contribution in [0.15, 0.2) is 47.6 Å². The van der Waals surface area contributed by atoms with Gasteiger partial charge < -0.3 is 20.1 Å². The molecule has 2 heterocycles. The Morgan fingerprint density at radius 1 is 1.23 bits per heavy atom. The van der Waals surface area contributed by atoms with Gasteiger partial charge >= 0.3 is 0 Å². The number of methoxy groups -OCH3 is 1. The van der Waals surface area contributed by atoms with E-state index >= 15 is 0 Å². The highest BCUT2D eigenvalue weighted by atomic mass is 127. The maximum atomic E-state index is 6.07. The molecule has 1 aromatic carbocycles. The van der Waals surface area contributed by atoms with E-state index in [4.69, 9.17) is 15.2 Å². The van der Waals surface area contributed by atoms with E-state index in [1.807, 2.05) is 48.2 Å². The average molecular weight is 486 g/mol. The third-order valence-corrected chi connectivity index (χ3v) is 4.76. The minimum atomic E-state index is 0. The first-order chi connectivity index (χ1) is 12.2. The Morgan fingerprint density at radius 3 is 2.69 bits per heavy atom. The van der Waals surface area contributed by atoms with Gasteiger partial charge in [0.25, 0.3) is 0 Å². The summed E-state index contributed by atoms with van der Waals surface area (Å²) >= 11 is 1.95. The smallest absolute Gasteiger partial charge is 0.219 e. The third-order valence-electron chi connectivity index (χ3n) is 3.82. The van der Waals surface area contributed by atoms with E-state index in [2.05, 4.69) is 14.9 Å². The summed E-state index contributed by atoms with van der Waals surface area (Å²) in [6, 6.07) is 11.2. The van der Waals surface area contributed by atoms with Gasteiger partial charge in [-0.15, -0.1) is 24.0 Å². The minimum Gasteiger partial charge on any atom is -0.497 e. The van der Waals surface area contributed by atoms with E-state index in [-0.39, 0.29) is 24.0 Å². The summed E-state index contributed by atoms with van der Waals surface area (Å²) in [5.41, 5.74) is 7.06. The first kappa shape index (κ1) is 20.6. The molecule has 1 aliphatic rings. The molecule has 8 heteroatoms. The number of halogens is 1. The number of hydrogen-bond acceptors (Lipinski definition) is 5. The van der Waals surface area contributed by atoms with Crippen molar-refractivity contribution in [2.24, 2.45) is 10.7 Å². The van der Waals surface area contributed by atoms with E-state index in [9.17, 15) is 0 Å². The molecular formula is C18H23IN4O2S. The number of aliphatic imine (C=N–C) groups is 1. The van der Waals surface area contributed by atoms with Crippen molar-refractivity contribution in [2.75, 3.05) is 31.7 Å². The molecule has 1 aliphatic heterocycles. The number of nitrogens with zero attached hydrogens (tertiary/aromatic N) is 3. The van der Waals surface area contributed by atoms with Crippen molar-refractivity contribution in [3.63, 3.8) is 0 Å². The van der Waals surface area contributed by atoms with Crippen LogP contribution in [0.1, 0.15) is 5.56 Å². The fourth-order valence-corrected chi connectivity index (χ4v) is 3.32. The normalized spacial score (nSPS) is 14.5. The predicted molar refractivity (Wildman–Crippen MR) is 117 cm³/mol. The Kier molecular flexibility index (Phi) is 8.30. The molecule has 2 aromatic rings. The number of pyridine rings is 1. The Bertz CT molecular complexity index is 721. The van der Waals surface area contributed by atoms with Gasteiger partial charge in [0.2, 0.25) is 5.88 Å². The quantitative estimate of drug-likeness (QED) is 0.397. The fourth-order valence-electron chi connectivity index (χ4n) is 2.41. The van der Waals surface area contributed by atoms with Crippen LogP contribution >= 0.6 is 35.7 Å². The molecule has 0 saturated carbocycles. The monoisotopic (exact) mass is 486 g/mol. The van der Waals surface area contributed by atoms with E-state index in [0.29, 0.717) is 24.1 Å². The number of guanidine groups is 1. The number of benzene rings is 1.